The van der Waals surface area contributed by atoms with E-state index >= 15 is 0 Å². The quantitative estimate of drug-likeness (QED) is 0.343. The molecule has 0 atom stereocenters. The van der Waals surface area contributed by atoms with Crippen LogP contribution < -0.4 is 10.6 Å². The van der Waals surface area contributed by atoms with Crippen molar-refractivity contribution in [1.29, 1.82) is 0 Å². The van der Waals surface area contributed by atoms with Crippen LogP contribution in [0.5, 0.6) is 0 Å². The molecule has 0 aliphatic carbocycles. The Morgan fingerprint density at radius 2 is 1.79 bits per heavy atom. The zero-order chi connectivity index (χ0) is 19.9. The van der Waals surface area contributed by atoms with Gasteiger partial charge in [-0.05, 0) is 38.5 Å². The number of amides is 1. The molecule has 6 nitrogen and oxygen atoms in total. The average Bonchev–Trinajstić information content (AvgIpc) is 2.67. The van der Waals surface area contributed by atoms with Crippen LogP contribution in [0.3, 0.4) is 0 Å². The standard InChI is InChI=1S/C20H32ClN5O.HI/c1-5-23-19(24-15-20(2,3)18(27)22-4)26-12-10-25(11-13-26)14-16-6-8-17(21)9-7-16;/h6-9H,5,10-15H2,1-4H3,(H,22,27)(H,23,24);1H. The zero-order valence-electron chi connectivity index (χ0n) is 17.3. The molecule has 0 radical (unpaired) electrons. The summed E-state index contributed by atoms with van der Waals surface area (Å²) >= 11 is 5.96. The highest BCUT2D eigenvalue weighted by Gasteiger charge is 2.27. The molecule has 1 fully saturated rings. The Balaban J connectivity index is 0.00000392. The monoisotopic (exact) mass is 521 g/mol. The van der Waals surface area contributed by atoms with Gasteiger partial charge in [0.2, 0.25) is 5.91 Å². The molecule has 2 rings (SSSR count). The number of rotatable bonds is 6. The summed E-state index contributed by atoms with van der Waals surface area (Å²) in [7, 11) is 1.67. The van der Waals surface area contributed by atoms with Gasteiger partial charge in [0, 0.05) is 51.3 Å². The van der Waals surface area contributed by atoms with Gasteiger partial charge in [0.25, 0.3) is 0 Å². The third-order valence-corrected chi connectivity index (χ3v) is 5.04. The molecule has 0 bridgehead atoms. The second kappa shape index (κ2) is 11.8. The van der Waals surface area contributed by atoms with Crippen LogP contribution >= 0.6 is 35.6 Å². The lowest BCUT2D eigenvalue weighted by atomic mass is 9.93. The van der Waals surface area contributed by atoms with E-state index in [1.54, 1.807) is 7.05 Å². The van der Waals surface area contributed by atoms with Crippen LogP contribution in [0.25, 0.3) is 0 Å². The predicted molar refractivity (Wildman–Crippen MR) is 128 cm³/mol. The largest absolute Gasteiger partial charge is 0.359 e. The normalized spacial score (nSPS) is 15.8. The molecule has 1 saturated heterocycles. The molecule has 28 heavy (non-hydrogen) atoms. The SMILES string of the molecule is CCNC(=NCC(C)(C)C(=O)NC)N1CCN(Cc2ccc(Cl)cc2)CC1.I. The van der Waals surface area contributed by atoms with Gasteiger partial charge in [-0.3, -0.25) is 14.7 Å². The molecule has 1 aliphatic heterocycles. The molecule has 1 aliphatic rings. The Kier molecular flexibility index (Phi) is 10.5. The molecule has 0 spiro atoms. The number of carbonyl (C=O) groups excluding carboxylic acids is 1. The first-order valence-electron chi connectivity index (χ1n) is 9.58. The van der Waals surface area contributed by atoms with Crippen LogP contribution in [0.2, 0.25) is 5.02 Å². The van der Waals surface area contributed by atoms with Gasteiger partial charge >= 0.3 is 0 Å². The Bertz CT molecular complexity index is 643. The third-order valence-electron chi connectivity index (χ3n) is 4.79. The lowest BCUT2D eigenvalue weighted by Crippen LogP contribution is -2.52. The minimum absolute atomic E-state index is 0. The Labute approximate surface area is 191 Å². The number of nitrogens with one attached hydrogen (secondary N) is 2. The van der Waals surface area contributed by atoms with Gasteiger partial charge < -0.3 is 15.5 Å². The van der Waals surface area contributed by atoms with Crippen molar-refractivity contribution >= 4 is 47.4 Å². The Morgan fingerprint density at radius 1 is 1.18 bits per heavy atom. The van der Waals surface area contributed by atoms with Crippen molar-refractivity contribution in [2.24, 2.45) is 10.4 Å². The highest BCUT2D eigenvalue weighted by atomic mass is 127. The highest BCUT2D eigenvalue weighted by molar-refractivity contribution is 14.0. The van der Waals surface area contributed by atoms with Crippen LogP contribution in [0.15, 0.2) is 29.3 Å². The molecule has 8 heteroatoms. The average molecular weight is 522 g/mol. The predicted octanol–water partition coefficient (Wildman–Crippen LogP) is 2.81. The van der Waals surface area contributed by atoms with E-state index in [0.717, 1.165) is 50.3 Å². The Morgan fingerprint density at radius 3 is 2.32 bits per heavy atom. The first-order chi connectivity index (χ1) is 12.9. The van der Waals surface area contributed by atoms with E-state index in [1.165, 1.54) is 5.56 Å². The third kappa shape index (κ3) is 7.40. The van der Waals surface area contributed by atoms with Gasteiger partial charge in [-0.1, -0.05) is 23.7 Å². The fourth-order valence-electron chi connectivity index (χ4n) is 3.07. The number of halogens is 2. The summed E-state index contributed by atoms with van der Waals surface area (Å²) in [6.45, 7) is 11.9. The molecule has 0 unspecified atom stereocenters. The number of piperazine rings is 1. The lowest BCUT2D eigenvalue weighted by Gasteiger charge is -2.37. The minimum atomic E-state index is -0.522. The van der Waals surface area contributed by atoms with E-state index in [4.69, 9.17) is 16.6 Å². The minimum Gasteiger partial charge on any atom is -0.359 e. The fourth-order valence-corrected chi connectivity index (χ4v) is 3.20. The summed E-state index contributed by atoms with van der Waals surface area (Å²) in [5.41, 5.74) is 0.756. The van der Waals surface area contributed by atoms with Crippen molar-refractivity contribution in [3.63, 3.8) is 0 Å². The number of nitrogens with zero attached hydrogens (tertiary/aromatic N) is 3. The summed E-state index contributed by atoms with van der Waals surface area (Å²) in [6.07, 6.45) is 0. The maximum Gasteiger partial charge on any atom is 0.227 e. The molecule has 0 saturated carbocycles. The maximum absolute atomic E-state index is 12.0. The molecule has 1 aromatic rings. The number of benzene rings is 1. The van der Waals surface area contributed by atoms with Crippen molar-refractivity contribution in [1.82, 2.24) is 20.4 Å². The van der Waals surface area contributed by atoms with E-state index in [0.29, 0.717) is 6.54 Å². The second-order valence-electron chi connectivity index (χ2n) is 7.52. The van der Waals surface area contributed by atoms with Gasteiger partial charge in [-0.15, -0.1) is 24.0 Å². The van der Waals surface area contributed by atoms with E-state index < -0.39 is 5.41 Å². The smallest absolute Gasteiger partial charge is 0.227 e. The highest BCUT2D eigenvalue weighted by Crippen LogP contribution is 2.16. The molecule has 1 aromatic carbocycles. The van der Waals surface area contributed by atoms with Gasteiger partial charge in [-0.2, -0.15) is 0 Å². The van der Waals surface area contributed by atoms with E-state index in [1.807, 2.05) is 26.0 Å². The summed E-state index contributed by atoms with van der Waals surface area (Å²) in [5.74, 6) is 0.899. The maximum atomic E-state index is 12.0. The second-order valence-corrected chi connectivity index (χ2v) is 7.96. The van der Waals surface area contributed by atoms with Crippen LogP contribution in [0.1, 0.15) is 26.3 Å². The summed E-state index contributed by atoms with van der Waals surface area (Å²) < 4.78 is 0. The van der Waals surface area contributed by atoms with Gasteiger partial charge in [0.1, 0.15) is 0 Å². The lowest BCUT2D eigenvalue weighted by molar-refractivity contribution is -0.128. The number of hydrogen-bond donors (Lipinski definition) is 2. The molecular formula is C20H33ClIN5O. The first-order valence-corrected chi connectivity index (χ1v) is 9.95. The van der Waals surface area contributed by atoms with Crippen LogP contribution in [-0.2, 0) is 11.3 Å². The van der Waals surface area contributed by atoms with E-state index in [2.05, 4.69) is 39.5 Å². The molecule has 1 amide bonds. The molecule has 1 heterocycles. The number of hydrogen-bond acceptors (Lipinski definition) is 3. The Hall–Kier alpha value is -1.06. The number of guanidine groups is 1. The van der Waals surface area contributed by atoms with Crippen LogP contribution in [0.4, 0.5) is 0 Å². The van der Waals surface area contributed by atoms with Gasteiger partial charge in [0.05, 0.1) is 12.0 Å². The van der Waals surface area contributed by atoms with Crippen LogP contribution in [0, 0.1) is 5.41 Å². The van der Waals surface area contributed by atoms with Crippen molar-refractivity contribution in [3.8, 4) is 0 Å². The summed E-state index contributed by atoms with van der Waals surface area (Å²) in [4.78, 5) is 21.4. The summed E-state index contributed by atoms with van der Waals surface area (Å²) in [5, 5.41) is 6.85. The van der Waals surface area contributed by atoms with Crippen molar-refractivity contribution in [2.75, 3.05) is 46.3 Å². The number of carbonyl (C=O) groups is 1. The van der Waals surface area contributed by atoms with Crippen molar-refractivity contribution in [3.05, 3.63) is 34.9 Å². The fraction of sp³-hybridized carbons (Fsp3) is 0.600. The van der Waals surface area contributed by atoms with Crippen molar-refractivity contribution < 1.29 is 4.79 Å². The van der Waals surface area contributed by atoms with E-state index in [9.17, 15) is 4.79 Å². The van der Waals surface area contributed by atoms with Crippen LogP contribution in [-0.4, -0.2) is 68.0 Å². The summed E-state index contributed by atoms with van der Waals surface area (Å²) in [6, 6.07) is 8.05. The molecule has 158 valence electrons. The first kappa shape index (κ1) is 25.0. The van der Waals surface area contributed by atoms with Gasteiger partial charge in [-0.25, -0.2) is 0 Å². The topological polar surface area (TPSA) is 60.0 Å². The number of aliphatic imine (C=N–C) groups is 1. The van der Waals surface area contributed by atoms with Gasteiger partial charge in [0.15, 0.2) is 5.96 Å². The molecular weight excluding hydrogens is 489 g/mol. The molecule has 2 N–H and O–H groups in total. The van der Waals surface area contributed by atoms with E-state index in [-0.39, 0.29) is 29.9 Å². The van der Waals surface area contributed by atoms with Crippen molar-refractivity contribution in [2.45, 2.75) is 27.3 Å². The molecule has 0 aromatic heterocycles. The zero-order valence-corrected chi connectivity index (χ0v) is 20.4.